The van der Waals surface area contributed by atoms with E-state index in [1.54, 1.807) is 13.2 Å². The van der Waals surface area contributed by atoms with Crippen LogP contribution in [0.3, 0.4) is 0 Å². The fourth-order valence-electron chi connectivity index (χ4n) is 2.26. The van der Waals surface area contributed by atoms with Gasteiger partial charge < -0.3 is 15.1 Å². The lowest BCUT2D eigenvalue weighted by Crippen LogP contribution is -2.44. The van der Waals surface area contributed by atoms with Crippen LogP contribution in [0.15, 0.2) is 23.3 Å². The van der Waals surface area contributed by atoms with Gasteiger partial charge in [0.2, 0.25) is 0 Å². The molecule has 0 aliphatic carbocycles. The molecule has 5 nitrogen and oxygen atoms in total. The minimum Gasteiger partial charge on any atom is -0.353 e. The first-order valence-electron chi connectivity index (χ1n) is 6.38. The van der Waals surface area contributed by atoms with E-state index in [1.165, 1.54) is 0 Å². The SMILES string of the molecule is CN=C(NC1CCN(c2ncccc2Cl)C1)N(C)C.I. The Morgan fingerprint density at radius 2 is 2.30 bits per heavy atom. The first-order chi connectivity index (χ1) is 9.11. The van der Waals surface area contributed by atoms with Crippen LogP contribution in [0.25, 0.3) is 0 Å². The number of anilines is 1. The molecule has 1 aliphatic rings. The Hall–Kier alpha value is -0.760. The number of hydrogen-bond acceptors (Lipinski definition) is 3. The van der Waals surface area contributed by atoms with Gasteiger partial charge in [-0.1, -0.05) is 11.6 Å². The molecule has 20 heavy (non-hydrogen) atoms. The lowest BCUT2D eigenvalue weighted by atomic mass is 10.3. The molecule has 0 spiro atoms. The second-order valence-corrected chi connectivity index (χ2v) is 5.23. The molecular formula is C13H21ClIN5. The van der Waals surface area contributed by atoms with E-state index in [1.807, 2.05) is 31.1 Å². The summed E-state index contributed by atoms with van der Waals surface area (Å²) in [6.07, 6.45) is 2.83. The number of pyridine rings is 1. The van der Waals surface area contributed by atoms with Gasteiger partial charge in [-0.05, 0) is 18.6 Å². The average molecular weight is 410 g/mol. The van der Waals surface area contributed by atoms with E-state index in [4.69, 9.17) is 11.6 Å². The second-order valence-electron chi connectivity index (χ2n) is 4.83. The normalized spacial score (nSPS) is 18.7. The first kappa shape index (κ1) is 17.3. The summed E-state index contributed by atoms with van der Waals surface area (Å²) in [5.74, 6) is 1.77. The fraction of sp³-hybridized carbons (Fsp3) is 0.538. The summed E-state index contributed by atoms with van der Waals surface area (Å²) in [7, 11) is 5.76. The summed E-state index contributed by atoms with van der Waals surface area (Å²) < 4.78 is 0. The predicted octanol–water partition coefficient (Wildman–Crippen LogP) is 2.07. The molecule has 0 amide bonds. The highest BCUT2D eigenvalue weighted by atomic mass is 127. The fourth-order valence-corrected chi connectivity index (χ4v) is 2.50. The lowest BCUT2D eigenvalue weighted by Gasteiger charge is -2.22. The monoisotopic (exact) mass is 409 g/mol. The molecule has 0 bridgehead atoms. The molecule has 1 aliphatic heterocycles. The van der Waals surface area contributed by atoms with Crippen molar-refractivity contribution in [3.05, 3.63) is 23.4 Å². The molecule has 0 aromatic carbocycles. The van der Waals surface area contributed by atoms with Crippen molar-refractivity contribution in [2.45, 2.75) is 12.5 Å². The number of aliphatic imine (C=N–C) groups is 1. The molecule has 112 valence electrons. The zero-order valence-electron chi connectivity index (χ0n) is 12.0. The van der Waals surface area contributed by atoms with Crippen LogP contribution in [0, 0.1) is 0 Å². The predicted molar refractivity (Wildman–Crippen MR) is 95.5 cm³/mol. The van der Waals surface area contributed by atoms with Gasteiger partial charge in [0.25, 0.3) is 0 Å². The minimum absolute atomic E-state index is 0. The first-order valence-corrected chi connectivity index (χ1v) is 6.75. The number of guanidine groups is 1. The highest BCUT2D eigenvalue weighted by molar-refractivity contribution is 14.0. The Labute approximate surface area is 142 Å². The minimum atomic E-state index is 0. The molecule has 1 saturated heterocycles. The number of nitrogens with zero attached hydrogens (tertiary/aromatic N) is 4. The molecule has 7 heteroatoms. The van der Waals surface area contributed by atoms with Crippen molar-refractivity contribution in [3.63, 3.8) is 0 Å². The third-order valence-corrected chi connectivity index (χ3v) is 3.49. The van der Waals surface area contributed by atoms with E-state index < -0.39 is 0 Å². The molecule has 1 aromatic heterocycles. The van der Waals surface area contributed by atoms with Crippen molar-refractivity contribution in [1.82, 2.24) is 15.2 Å². The van der Waals surface area contributed by atoms with E-state index >= 15 is 0 Å². The van der Waals surface area contributed by atoms with Gasteiger partial charge in [-0.2, -0.15) is 0 Å². The van der Waals surface area contributed by atoms with E-state index in [0.717, 1.165) is 31.3 Å². The van der Waals surface area contributed by atoms with Crippen molar-refractivity contribution in [1.29, 1.82) is 0 Å². The highest BCUT2D eigenvalue weighted by Gasteiger charge is 2.25. The molecular weight excluding hydrogens is 389 g/mol. The van der Waals surface area contributed by atoms with Gasteiger partial charge >= 0.3 is 0 Å². The van der Waals surface area contributed by atoms with Gasteiger partial charge in [-0.15, -0.1) is 24.0 Å². The second kappa shape index (κ2) is 7.87. The van der Waals surface area contributed by atoms with Gasteiger partial charge in [0.15, 0.2) is 5.96 Å². The Balaban J connectivity index is 0.00000200. The smallest absolute Gasteiger partial charge is 0.193 e. The third kappa shape index (κ3) is 4.12. The summed E-state index contributed by atoms with van der Waals surface area (Å²) in [5.41, 5.74) is 0. The van der Waals surface area contributed by atoms with Crippen LogP contribution in [0.2, 0.25) is 5.02 Å². The number of halogens is 2. The summed E-state index contributed by atoms with van der Waals surface area (Å²) >= 11 is 6.18. The van der Waals surface area contributed by atoms with Gasteiger partial charge in [0.05, 0.1) is 5.02 Å². The van der Waals surface area contributed by atoms with Crippen molar-refractivity contribution in [2.75, 3.05) is 39.1 Å². The van der Waals surface area contributed by atoms with Crippen molar-refractivity contribution >= 4 is 47.4 Å². The zero-order valence-corrected chi connectivity index (χ0v) is 15.1. The lowest BCUT2D eigenvalue weighted by molar-refractivity contribution is 0.548. The molecule has 0 radical (unpaired) electrons. The molecule has 1 atom stereocenters. The Bertz CT molecular complexity index is 466. The van der Waals surface area contributed by atoms with E-state index in [0.29, 0.717) is 11.1 Å². The van der Waals surface area contributed by atoms with Gasteiger partial charge in [-0.3, -0.25) is 4.99 Å². The number of hydrogen-bond donors (Lipinski definition) is 1. The maximum Gasteiger partial charge on any atom is 0.193 e. The third-order valence-electron chi connectivity index (χ3n) is 3.20. The average Bonchev–Trinajstić information content (AvgIpc) is 2.84. The van der Waals surface area contributed by atoms with E-state index in [2.05, 4.69) is 20.2 Å². The maximum atomic E-state index is 6.18. The summed E-state index contributed by atoms with van der Waals surface area (Å²) in [6, 6.07) is 4.11. The molecule has 1 N–H and O–H groups in total. The van der Waals surface area contributed by atoms with Crippen LogP contribution in [-0.2, 0) is 0 Å². The molecule has 2 rings (SSSR count). The Morgan fingerprint density at radius 1 is 1.55 bits per heavy atom. The molecule has 1 unspecified atom stereocenters. The number of nitrogens with one attached hydrogen (secondary N) is 1. The number of rotatable bonds is 2. The van der Waals surface area contributed by atoms with Crippen LogP contribution in [0.1, 0.15) is 6.42 Å². The van der Waals surface area contributed by atoms with Gasteiger partial charge in [0.1, 0.15) is 5.82 Å². The van der Waals surface area contributed by atoms with Crippen molar-refractivity contribution in [2.24, 2.45) is 4.99 Å². The Morgan fingerprint density at radius 3 is 2.90 bits per heavy atom. The van der Waals surface area contributed by atoms with Gasteiger partial charge in [-0.25, -0.2) is 4.98 Å². The highest BCUT2D eigenvalue weighted by Crippen LogP contribution is 2.25. The molecule has 0 saturated carbocycles. The maximum absolute atomic E-state index is 6.18. The summed E-state index contributed by atoms with van der Waals surface area (Å²) in [6.45, 7) is 1.85. The standard InChI is InChI=1S/C13H20ClN5.HI/c1-15-13(18(2)3)17-10-6-8-19(9-10)12-11(14)5-4-7-16-12;/h4-5,7,10H,6,8-9H2,1-3H3,(H,15,17);1H. The van der Waals surface area contributed by atoms with Crippen LogP contribution in [0.4, 0.5) is 5.82 Å². The molecule has 2 heterocycles. The molecule has 1 aromatic rings. The summed E-state index contributed by atoms with van der Waals surface area (Å²) in [4.78, 5) is 12.8. The van der Waals surface area contributed by atoms with Crippen LogP contribution < -0.4 is 10.2 Å². The van der Waals surface area contributed by atoms with Gasteiger partial charge in [0, 0.05) is 46.5 Å². The van der Waals surface area contributed by atoms with Crippen LogP contribution in [-0.4, -0.2) is 56.1 Å². The zero-order chi connectivity index (χ0) is 13.8. The largest absolute Gasteiger partial charge is 0.353 e. The van der Waals surface area contributed by atoms with Crippen molar-refractivity contribution < 1.29 is 0 Å². The van der Waals surface area contributed by atoms with Crippen molar-refractivity contribution in [3.8, 4) is 0 Å². The summed E-state index contributed by atoms with van der Waals surface area (Å²) in [5, 5.41) is 4.16. The quantitative estimate of drug-likeness (QED) is 0.461. The van der Waals surface area contributed by atoms with Crippen LogP contribution >= 0.6 is 35.6 Å². The van der Waals surface area contributed by atoms with E-state index in [9.17, 15) is 0 Å². The molecule has 1 fully saturated rings. The van der Waals surface area contributed by atoms with Crippen LogP contribution in [0.5, 0.6) is 0 Å². The number of aromatic nitrogens is 1. The van der Waals surface area contributed by atoms with E-state index in [-0.39, 0.29) is 24.0 Å². The topological polar surface area (TPSA) is 43.8 Å². The Kier molecular flexibility index (Phi) is 6.81.